The van der Waals surface area contributed by atoms with Gasteiger partial charge in [-0.25, -0.2) is 4.57 Å². The van der Waals surface area contributed by atoms with E-state index in [1.807, 2.05) is 6.08 Å². The van der Waals surface area contributed by atoms with Crippen LogP contribution in [-0.4, -0.2) is 59.0 Å². The predicted molar refractivity (Wildman–Crippen MR) is 190 cm³/mol. The molecule has 4 unspecified atom stereocenters. The Morgan fingerprint density at radius 3 is 1.89 bits per heavy atom. The van der Waals surface area contributed by atoms with Gasteiger partial charge in [-0.15, -0.1) is 0 Å². The fourth-order valence-corrected chi connectivity index (χ4v) is 5.73. The third-order valence-corrected chi connectivity index (χ3v) is 8.75. The summed E-state index contributed by atoms with van der Waals surface area (Å²) in [7, 11) is -4.39. The first kappa shape index (κ1) is 44.7. The quantitative estimate of drug-likeness (QED) is 0.0266. The fourth-order valence-electron chi connectivity index (χ4n) is 4.97. The van der Waals surface area contributed by atoms with E-state index in [1.54, 1.807) is 6.08 Å². The number of aliphatic hydroxyl groups is 2. The van der Waals surface area contributed by atoms with E-state index >= 15 is 0 Å². The highest BCUT2D eigenvalue weighted by Gasteiger charge is 2.27. The molecular formula is C36H69N2O7P. The highest BCUT2D eigenvalue weighted by atomic mass is 31.2. The first-order chi connectivity index (χ1) is 22.3. The zero-order valence-electron chi connectivity index (χ0n) is 29.2. The number of amides is 1. The Labute approximate surface area is 281 Å². The van der Waals surface area contributed by atoms with Crippen molar-refractivity contribution >= 4 is 13.7 Å². The number of hydrogen-bond donors (Lipinski definition) is 5. The van der Waals surface area contributed by atoms with E-state index in [9.17, 15) is 24.5 Å². The molecular weight excluding hydrogens is 603 g/mol. The molecule has 0 aliphatic heterocycles. The van der Waals surface area contributed by atoms with Crippen molar-refractivity contribution in [2.45, 2.75) is 167 Å². The number of unbranched alkanes of at least 4 members (excludes halogenated alkanes) is 15. The number of carbonyl (C=O) groups excluding carboxylic acids is 1. The predicted octanol–water partition coefficient (Wildman–Crippen LogP) is 8.19. The average molecular weight is 673 g/mol. The summed E-state index contributed by atoms with van der Waals surface area (Å²) >= 11 is 0. The van der Waals surface area contributed by atoms with Crippen LogP contribution in [0.25, 0.3) is 0 Å². The number of phosphoric ester groups is 1. The van der Waals surface area contributed by atoms with Gasteiger partial charge in [0.25, 0.3) is 0 Å². The molecule has 9 nitrogen and oxygen atoms in total. The molecule has 0 radical (unpaired) electrons. The van der Waals surface area contributed by atoms with Crippen LogP contribution < -0.4 is 11.1 Å². The van der Waals surface area contributed by atoms with Gasteiger partial charge >= 0.3 is 7.82 Å². The number of allylic oxidation sites excluding steroid dienone is 5. The number of nitrogens with one attached hydrogen (secondary N) is 1. The molecule has 0 heterocycles. The lowest BCUT2D eigenvalue weighted by molar-refractivity contribution is -0.124. The van der Waals surface area contributed by atoms with E-state index < -0.39 is 38.6 Å². The summed E-state index contributed by atoms with van der Waals surface area (Å²) in [5.41, 5.74) is 5.33. The molecule has 0 aliphatic carbocycles. The van der Waals surface area contributed by atoms with Gasteiger partial charge in [0.05, 0.1) is 37.9 Å². The first-order valence-corrected chi connectivity index (χ1v) is 19.7. The molecule has 46 heavy (non-hydrogen) atoms. The maximum atomic E-state index is 12.7. The van der Waals surface area contributed by atoms with Crippen molar-refractivity contribution in [3.63, 3.8) is 0 Å². The third-order valence-electron chi connectivity index (χ3n) is 7.76. The molecule has 0 fully saturated rings. The van der Waals surface area contributed by atoms with Crippen molar-refractivity contribution in [1.82, 2.24) is 5.32 Å². The minimum atomic E-state index is -4.39. The summed E-state index contributed by atoms with van der Waals surface area (Å²) in [6, 6.07) is -0.984. The molecule has 0 rings (SSSR count). The number of nitrogens with two attached hydrogens (primary N) is 1. The summed E-state index contributed by atoms with van der Waals surface area (Å²) < 4.78 is 21.9. The van der Waals surface area contributed by atoms with Gasteiger partial charge in [-0.3, -0.25) is 13.8 Å². The fraction of sp³-hybridized carbons (Fsp3) is 0.806. The van der Waals surface area contributed by atoms with Crippen molar-refractivity contribution in [2.24, 2.45) is 5.73 Å². The van der Waals surface area contributed by atoms with E-state index in [-0.39, 0.29) is 19.6 Å². The number of hydrogen-bond acceptors (Lipinski definition) is 7. The summed E-state index contributed by atoms with van der Waals surface area (Å²) in [6.07, 6.45) is 32.3. The first-order valence-electron chi connectivity index (χ1n) is 18.2. The lowest BCUT2D eigenvalue weighted by Crippen LogP contribution is -2.46. The highest BCUT2D eigenvalue weighted by molar-refractivity contribution is 7.47. The number of rotatable bonds is 33. The second-order valence-electron chi connectivity index (χ2n) is 12.3. The van der Waals surface area contributed by atoms with Gasteiger partial charge in [-0.2, -0.15) is 0 Å². The molecule has 0 saturated heterocycles. The lowest BCUT2D eigenvalue weighted by Gasteiger charge is -2.24. The summed E-state index contributed by atoms with van der Waals surface area (Å²) in [6.45, 7) is 3.87. The summed E-state index contributed by atoms with van der Waals surface area (Å²) in [5.74, 6) is -0.459. The number of phosphoric acid groups is 1. The van der Waals surface area contributed by atoms with Crippen molar-refractivity contribution in [1.29, 1.82) is 0 Å². The van der Waals surface area contributed by atoms with Crippen LogP contribution in [0.1, 0.15) is 149 Å². The summed E-state index contributed by atoms with van der Waals surface area (Å²) in [5, 5.41) is 23.8. The number of carbonyl (C=O) groups is 1. The van der Waals surface area contributed by atoms with Crippen molar-refractivity contribution in [3.8, 4) is 0 Å². The van der Waals surface area contributed by atoms with Gasteiger partial charge in [0.15, 0.2) is 0 Å². The van der Waals surface area contributed by atoms with E-state index in [1.165, 1.54) is 57.8 Å². The van der Waals surface area contributed by atoms with Gasteiger partial charge in [-0.05, 0) is 51.4 Å². The lowest BCUT2D eigenvalue weighted by atomic mass is 10.0. The highest BCUT2D eigenvalue weighted by Crippen LogP contribution is 2.43. The van der Waals surface area contributed by atoms with E-state index in [2.05, 4.69) is 43.5 Å². The molecule has 1 amide bonds. The van der Waals surface area contributed by atoms with Crippen LogP contribution in [0, 0.1) is 0 Å². The van der Waals surface area contributed by atoms with Crippen LogP contribution >= 0.6 is 7.82 Å². The third kappa shape index (κ3) is 30.0. The van der Waals surface area contributed by atoms with E-state index in [4.69, 9.17) is 14.8 Å². The molecule has 0 aromatic heterocycles. The Kier molecular flexibility index (Phi) is 31.3. The molecule has 270 valence electrons. The Morgan fingerprint density at radius 2 is 1.28 bits per heavy atom. The monoisotopic (exact) mass is 672 g/mol. The van der Waals surface area contributed by atoms with Crippen LogP contribution in [0.3, 0.4) is 0 Å². The molecule has 0 aliphatic rings. The van der Waals surface area contributed by atoms with Gasteiger partial charge in [0.1, 0.15) is 0 Å². The number of aliphatic hydroxyl groups excluding tert-OH is 2. The maximum Gasteiger partial charge on any atom is 0.472 e. The van der Waals surface area contributed by atoms with Crippen LogP contribution in [0.15, 0.2) is 36.5 Å². The normalized spacial score (nSPS) is 15.5. The zero-order chi connectivity index (χ0) is 34.1. The molecule has 6 N–H and O–H groups in total. The van der Waals surface area contributed by atoms with Crippen molar-refractivity contribution < 1.29 is 33.5 Å². The Morgan fingerprint density at radius 1 is 0.761 bits per heavy atom. The smallest absolute Gasteiger partial charge is 0.393 e. The molecule has 4 atom stereocenters. The molecule has 0 aromatic rings. The van der Waals surface area contributed by atoms with Crippen molar-refractivity contribution in [3.05, 3.63) is 36.5 Å². The van der Waals surface area contributed by atoms with Gasteiger partial charge in [0.2, 0.25) is 5.91 Å². The van der Waals surface area contributed by atoms with Crippen LogP contribution in [0.5, 0.6) is 0 Å². The largest absolute Gasteiger partial charge is 0.472 e. The van der Waals surface area contributed by atoms with Crippen molar-refractivity contribution in [2.75, 3.05) is 19.8 Å². The molecule has 0 spiro atoms. The van der Waals surface area contributed by atoms with Crippen LogP contribution in [-0.2, 0) is 18.4 Å². The standard InChI is InChI=1S/C36H69N2O7P/c1-3-5-7-9-11-13-14-15-16-17-18-20-21-23-25-27-33(39)31-36(41)38-34(32-45-46(42,43)44-30-29-37)35(40)28-26-24-22-19-12-10-8-6-4-2/h11,13,15-16,26,28,33-35,39-40H,3-10,12,14,17-25,27,29-32,37H2,1-2H3,(H,38,41)(H,42,43)/b13-11-,16-15-,28-26+. The maximum absolute atomic E-state index is 12.7. The molecule has 0 saturated carbocycles. The summed E-state index contributed by atoms with van der Waals surface area (Å²) in [4.78, 5) is 22.6. The van der Waals surface area contributed by atoms with Gasteiger partial charge in [0, 0.05) is 6.54 Å². The Balaban J connectivity index is 4.43. The Hall–Kier alpha value is -1.32. The zero-order valence-corrected chi connectivity index (χ0v) is 30.1. The second-order valence-corrected chi connectivity index (χ2v) is 13.7. The molecule has 0 bridgehead atoms. The average Bonchev–Trinajstić information content (AvgIpc) is 3.03. The SMILES string of the molecule is CCCCC/C=C\C/C=C\CCCCCCCC(O)CC(=O)NC(COP(=O)(O)OCCN)C(O)/C=C/CCCCCCCCC. The van der Waals surface area contributed by atoms with Gasteiger partial charge < -0.3 is 26.2 Å². The molecule has 10 heteroatoms. The minimum Gasteiger partial charge on any atom is -0.393 e. The van der Waals surface area contributed by atoms with E-state index in [0.29, 0.717) is 6.42 Å². The Bertz CT molecular complexity index is 837. The molecule has 0 aromatic carbocycles. The van der Waals surface area contributed by atoms with Crippen LogP contribution in [0.2, 0.25) is 0 Å². The second kappa shape index (κ2) is 32.2. The van der Waals surface area contributed by atoms with Crippen LogP contribution in [0.4, 0.5) is 0 Å². The van der Waals surface area contributed by atoms with Gasteiger partial charge in [-0.1, -0.05) is 127 Å². The topological polar surface area (TPSA) is 151 Å². The minimum absolute atomic E-state index is 0.0463. The van der Waals surface area contributed by atoms with E-state index in [0.717, 1.165) is 64.2 Å².